The van der Waals surface area contributed by atoms with Gasteiger partial charge in [0.15, 0.2) is 0 Å². The van der Waals surface area contributed by atoms with Crippen molar-refractivity contribution in [1.82, 2.24) is 9.88 Å². The van der Waals surface area contributed by atoms with E-state index in [1.807, 2.05) is 48.5 Å². The van der Waals surface area contributed by atoms with E-state index in [4.69, 9.17) is 4.98 Å². The first-order chi connectivity index (χ1) is 11.1. The zero-order chi connectivity index (χ0) is 16.2. The number of carbonyl (C=O) groups is 1. The predicted molar refractivity (Wildman–Crippen MR) is 94.8 cm³/mol. The maximum Gasteiger partial charge on any atom is 0.265 e. The topological polar surface area (TPSA) is 33.2 Å². The monoisotopic (exact) mass is 322 g/mol. The maximum atomic E-state index is 12.5. The number of carbonyl (C=O) groups excluding carboxylic acids is 1. The molecule has 0 aliphatic carbocycles. The molecule has 1 aromatic heterocycles. The number of rotatable bonds is 4. The maximum absolute atomic E-state index is 12.5. The summed E-state index contributed by atoms with van der Waals surface area (Å²) in [7, 11) is 3.54. The van der Waals surface area contributed by atoms with Crippen molar-refractivity contribution in [2.24, 2.45) is 0 Å². The van der Waals surface area contributed by atoms with E-state index in [0.717, 1.165) is 22.7 Å². The van der Waals surface area contributed by atoms with E-state index in [2.05, 4.69) is 12.1 Å². The Morgan fingerprint density at radius 3 is 2.22 bits per heavy atom. The number of benzene rings is 2. The fourth-order valence-corrected chi connectivity index (χ4v) is 3.49. The van der Waals surface area contributed by atoms with Crippen molar-refractivity contribution in [3.8, 4) is 11.3 Å². The third-order valence-corrected chi connectivity index (χ3v) is 4.56. The quantitative estimate of drug-likeness (QED) is 0.724. The summed E-state index contributed by atoms with van der Waals surface area (Å²) in [5, 5.41) is 0.959. The van der Waals surface area contributed by atoms with Gasteiger partial charge in [-0.15, -0.1) is 11.3 Å². The molecular weight excluding hydrogens is 304 g/mol. The van der Waals surface area contributed by atoms with Gasteiger partial charge in [-0.2, -0.15) is 0 Å². The van der Waals surface area contributed by atoms with Crippen LogP contribution >= 0.6 is 11.3 Å². The number of amides is 1. The third kappa shape index (κ3) is 3.48. The summed E-state index contributed by atoms with van der Waals surface area (Å²) in [6.45, 7) is 0. The lowest BCUT2D eigenvalue weighted by Crippen LogP contribution is -2.21. The Morgan fingerprint density at radius 1 is 1.00 bits per heavy atom. The SMILES string of the molecule is CN(C)C(=O)c1sc(Cc2ccccc2)nc1-c1ccccc1. The summed E-state index contributed by atoms with van der Waals surface area (Å²) in [5.74, 6) is 0.000615. The van der Waals surface area contributed by atoms with Crippen molar-refractivity contribution < 1.29 is 4.79 Å². The Kier molecular flexibility index (Phi) is 4.53. The summed E-state index contributed by atoms with van der Waals surface area (Å²) >= 11 is 1.48. The highest BCUT2D eigenvalue weighted by Crippen LogP contribution is 2.30. The molecule has 0 fully saturated rings. The first-order valence-corrected chi connectivity index (χ1v) is 8.27. The Labute approximate surface area is 140 Å². The van der Waals surface area contributed by atoms with E-state index in [1.54, 1.807) is 19.0 Å². The van der Waals surface area contributed by atoms with Crippen LogP contribution in [0.2, 0.25) is 0 Å². The van der Waals surface area contributed by atoms with Crippen LogP contribution in [-0.4, -0.2) is 29.9 Å². The van der Waals surface area contributed by atoms with Crippen LogP contribution in [0.4, 0.5) is 0 Å². The first-order valence-electron chi connectivity index (χ1n) is 7.46. The van der Waals surface area contributed by atoms with Crippen molar-refractivity contribution in [3.05, 3.63) is 76.1 Å². The van der Waals surface area contributed by atoms with Crippen LogP contribution in [0.1, 0.15) is 20.2 Å². The molecule has 23 heavy (non-hydrogen) atoms. The summed E-state index contributed by atoms with van der Waals surface area (Å²) in [6, 6.07) is 20.1. The highest BCUT2D eigenvalue weighted by atomic mass is 32.1. The number of nitrogens with zero attached hydrogens (tertiary/aromatic N) is 2. The van der Waals surface area contributed by atoms with Gasteiger partial charge in [0, 0.05) is 26.1 Å². The van der Waals surface area contributed by atoms with Crippen LogP contribution in [0, 0.1) is 0 Å². The van der Waals surface area contributed by atoms with Crippen LogP contribution < -0.4 is 0 Å². The Balaban J connectivity index is 2.01. The van der Waals surface area contributed by atoms with E-state index in [-0.39, 0.29) is 5.91 Å². The van der Waals surface area contributed by atoms with Crippen LogP contribution in [0.15, 0.2) is 60.7 Å². The summed E-state index contributed by atoms with van der Waals surface area (Å²) in [5.41, 5.74) is 2.96. The van der Waals surface area contributed by atoms with Gasteiger partial charge >= 0.3 is 0 Å². The van der Waals surface area contributed by atoms with Gasteiger partial charge in [-0.3, -0.25) is 4.79 Å². The smallest absolute Gasteiger partial charge is 0.265 e. The Hall–Kier alpha value is -2.46. The number of hydrogen-bond donors (Lipinski definition) is 0. The van der Waals surface area contributed by atoms with Gasteiger partial charge in [0.1, 0.15) is 4.88 Å². The van der Waals surface area contributed by atoms with E-state index in [1.165, 1.54) is 16.9 Å². The molecule has 1 heterocycles. The minimum absolute atomic E-state index is 0.000615. The van der Waals surface area contributed by atoms with Crippen LogP contribution in [0.25, 0.3) is 11.3 Å². The molecule has 116 valence electrons. The van der Waals surface area contributed by atoms with Gasteiger partial charge in [-0.1, -0.05) is 60.7 Å². The van der Waals surface area contributed by atoms with E-state index < -0.39 is 0 Å². The zero-order valence-electron chi connectivity index (χ0n) is 13.2. The lowest BCUT2D eigenvalue weighted by molar-refractivity contribution is 0.0832. The molecular formula is C19H18N2OS. The van der Waals surface area contributed by atoms with Gasteiger partial charge in [-0.05, 0) is 5.56 Å². The van der Waals surface area contributed by atoms with E-state index >= 15 is 0 Å². The van der Waals surface area contributed by atoms with Gasteiger partial charge in [0.05, 0.1) is 10.7 Å². The molecule has 4 heteroatoms. The Bertz CT molecular complexity index is 795. The molecule has 1 amide bonds. The van der Waals surface area contributed by atoms with Crippen molar-refractivity contribution in [1.29, 1.82) is 0 Å². The zero-order valence-corrected chi connectivity index (χ0v) is 14.0. The largest absolute Gasteiger partial charge is 0.344 e. The molecule has 0 atom stereocenters. The molecule has 2 aromatic carbocycles. The molecule has 0 spiro atoms. The molecule has 3 rings (SSSR count). The molecule has 0 unspecified atom stereocenters. The first kappa shape index (κ1) is 15.4. The summed E-state index contributed by atoms with van der Waals surface area (Å²) in [4.78, 5) is 19.6. The molecule has 0 bridgehead atoms. The highest BCUT2D eigenvalue weighted by molar-refractivity contribution is 7.14. The van der Waals surface area contributed by atoms with Crippen molar-refractivity contribution in [2.75, 3.05) is 14.1 Å². The molecule has 0 aliphatic heterocycles. The van der Waals surface area contributed by atoms with Gasteiger partial charge in [-0.25, -0.2) is 4.98 Å². The molecule has 0 saturated heterocycles. The predicted octanol–water partition coefficient (Wildman–Crippen LogP) is 4.10. The van der Waals surface area contributed by atoms with Crippen molar-refractivity contribution in [3.63, 3.8) is 0 Å². The second-order valence-corrected chi connectivity index (χ2v) is 6.60. The van der Waals surface area contributed by atoms with Crippen LogP contribution in [0.5, 0.6) is 0 Å². The van der Waals surface area contributed by atoms with Crippen LogP contribution in [-0.2, 0) is 6.42 Å². The highest BCUT2D eigenvalue weighted by Gasteiger charge is 2.20. The average Bonchev–Trinajstić information content (AvgIpc) is 2.99. The second kappa shape index (κ2) is 6.75. The normalized spacial score (nSPS) is 10.5. The summed E-state index contributed by atoms with van der Waals surface area (Å²) in [6.07, 6.45) is 0.742. The van der Waals surface area contributed by atoms with Gasteiger partial charge in [0.2, 0.25) is 0 Å². The number of aromatic nitrogens is 1. The standard InChI is InChI=1S/C19H18N2OS/c1-21(2)19(22)18-17(15-11-7-4-8-12-15)20-16(23-18)13-14-9-5-3-6-10-14/h3-12H,13H2,1-2H3. The molecule has 0 radical (unpaired) electrons. The lowest BCUT2D eigenvalue weighted by Gasteiger charge is -2.09. The number of hydrogen-bond acceptors (Lipinski definition) is 3. The fourth-order valence-electron chi connectivity index (χ4n) is 2.35. The van der Waals surface area contributed by atoms with Crippen molar-refractivity contribution in [2.45, 2.75) is 6.42 Å². The average molecular weight is 322 g/mol. The lowest BCUT2D eigenvalue weighted by atomic mass is 10.1. The van der Waals surface area contributed by atoms with E-state index in [9.17, 15) is 4.79 Å². The molecule has 3 nitrogen and oxygen atoms in total. The fraction of sp³-hybridized carbons (Fsp3) is 0.158. The minimum atomic E-state index is 0.000615. The molecule has 3 aromatic rings. The Morgan fingerprint density at radius 2 is 1.61 bits per heavy atom. The molecule has 0 saturated carbocycles. The molecule has 0 aliphatic rings. The second-order valence-electron chi connectivity index (χ2n) is 5.51. The van der Waals surface area contributed by atoms with E-state index in [0.29, 0.717) is 4.88 Å². The van der Waals surface area contributed by atoms with Gasteiger partial charge in [0.25, 0.3) is 5.91 Å². The molecule has 0 N–H and O–H groups in total. The van der Waals surface area contributed by atoms with Crippen molar-refractivity contribution >= 4 is 17.2 Å². The number of thiazole rings is 1. The van der Waals surface area contributed by atoms with Gasteiger partial charge < -0.3 is 4.90 Å². The third-order valence-electron chi connectivity index (χ3n) is 3.52. The van der Waals surface area contributed by atoms with Crippen LogP contribution in [0.3, 0.4) is 0 Å². The minimum Gasteiger partial charge on any atom is -0.344 e. The summed E-state index contributed by atoms with van der Waals surface area (Å²) < 4.78 is 0.